The van der Waals surface area contributed by atoms with Crippen LogP contribution in [-0.2, 0) is 0 Å². The number of likely N-dealkylation sites (tertiary alicyclic amines) is 1. The Kier molecular flexibility index (Phi) is 5.08. The lowest BCUT2D eigenvalue weighted by Crippen LogP contribution is -2.41. The van der Waals surface area contributed by atoms with Gasteiger partial charge in [0.2, 0.25) is 11.7 Å². The minimum Gasteiger partial charge on any atom is -0.339 e. The van der Waals surface area contributed by atoms with E-state index < -0.39 is 0 Å². The Morgan fingerprint density at radius 1 is 1.06 bits per heavy atom. The van der Waals surface area contributed by atoms with E-state index in [0.717, 1.165) is 29.3 Å². The number of benzene rings is 3. The van der Waals surface area contributed by atoms with Gasteiger partial charge in [-0.3, -0.25) is 0 Å². The summed E-state index contributed by atoms with van der Waals surface area (Å²) < 4.78 is 18.6. The smallest absolute Gasteiger partial charge is 0.321 e. The monoisotopic (exact) mass is 416 g/mol. The first-order valence-corrected chi connectivity index (χ1v) is 10.3. The number of aromatic nitrogens is 2. The van der Waals surface area contributed by atoms with Crippen molar-refractivity contribution in [3.63, 3.8) is 0 Å². The van der Waals surface area contributed by atoms with Crippen LogP contribution in [0, 0.1) is 5.82 Å². The maximum atomic E-state index is 13.2. The van der Waals surface area contributed by atoms with Crippen molar-refractivity contribution in [2.45, 2.75) is 18.8 Å². The van der Waals surface area contributed by atoms with Crippen LogP contribution in [0.1, 0.15) is 24.7 Å². The number of fused-ring (bicyclic) bond motifs is 1. The minimum atomic E-state index is -0.312. The molecule has 1 atom stereocenters. The summed E-state index contributed by atoms with van der Waals surface area (Å²) in [5.41, 5.74) is 1.49. The molecule has 1 N–H and O–H groups in total. The van der Waals surface area contributed by atoms with Crippen molar-refractivity contribution in [1.29, 1.82) is 0 Å². The fourth-order valence-corrected chi connectivity index (χ4v) is 4.01. The number of halogens is 1. The van der Waals surface area contributed by atoms with Crippen LogP contribution < -0.4 is 5.32 Å². The highest BCUT2D eigenvalue weighted by molar-refractivity contribution is 6.01. The number of nitrogens with zero attached hydrogens (tertiary/aromatic N) is 3. The number of hydrogen-bond donors (Lipinski definition) is 1. The second-order valence-corrected chi connectivity index (χ2v) is 7.71. The fourth-order valence-electron chi connectivity index (χ4n) is 4.01. The van der Waals surface area contributed by atoms with Gasteiger partial charge in [0.25, 0.3) is 0 Å². The lowest BCUT2D eigenvalue weighted by atomic mass is 9.98. The number of carbonyl (C=O) groups is 1. The highest BCUT2D eigenvalue weighted by Crippen LogP contribution is 2.29. The molecule has 156 valence electrons. The van der Waals surface area contributed by atoms with Gasteiger partial charge in [-0.1, -0.05) is 41.6 Å². The van der Waals surface area contributed by atoms with Gasteiger partial charge in [0, 0.05) is 24.0 Å². The molecule has 1 aliphatic rings. The largest absolute Gasteiger partial charge is 0.339 e. The molecule has 0 radical (unpaired) electrons. The Bertz CT molecular complexity index is 1220. The summed E-state index contributed by atoms with van der Waals surface area (Å²) in [5, 5.41) is 9.17. The van der Waals surface area contributed by atoms with E-state index in [1.807, 2.05) is 42.5 Å². The van der Waals surface area contributed by atoms with Gasteiger partial charge < -0.3 is 14.7 Å². The van der Waals surface area contributed by atoms with Gasteiger partial charge in [-0.25, -0.2) is 9.18 Å². The first-order chi connectivity index (χ1) is 15.2. The van der Waals surface area contributed by atoms with Crippen LogP contribution in [0.4, 0.5) is 14.9 Å². The highest BCUT2D eigenvalue weighted by atomic mass is 19.1. The van der Waals surface area contributed by atoms with Crippen LogP contribution >= 0.6 is 0 Å². The second-order valence-electron chi connectivity index (χ2n) is 7.71. The highest BCUT2D eigenvalue weighted by Gasteiger charge is 2.29. The molecule has 0 unspecified atom stereocenters. The molecular formula is C24H21FN4O2. The third kappa shape index (κ3) is 3.99. The molecule has 7 heteroatoms. The Labute approximate surface area is 178 Å². The third-order valence-corrected chi connectivity index (χ3v) is 5.63. The zero-order valence-electron chi connectivity index (χ0n) is 16.8. The van der Waals surface area contributed by atoms with Gasteiger partial charge in [0.1, 0.15) is 5.82 Å². The summed E-state index contributed by atoms with van der Waals surface area (Å²) in [5.74, 6) is 0.579. The average molecular weight is 416 g/mol. The number of anilines is 1. The number of urea groups is 1. The molecule has 0 spiro atoms. The summed E-state index contributed by atoms with van der Waals surface area (Å²) in [6.45, 7) is 1.17. The van der Waals surface area contributed by atoms with E-state index in [4.69, 9.17) is 4.52 Å². The van der Waals surface area contributed by atoms with E-state index in [9.17, 15) is 9.18 Å². The molecule has 0 bridgehead atoms. The summed E-state index contributed by atoms with van der Waals surface area (Å²) in [6, 6.07) is 19.7. The summed E-state index contributed by atoms with van der Waals surface area (Å²) in [6.07, 6.45) is 1.71. The Balaban J connectivity index is 1.30. The van der Waals surface area contributed by atoms with Crippen molar-refractivity contribution in [3.05, 3.63) is 78.4 Å². The maximum Gasteiger partial charge on any atom is 0.321 e. The Morgan fingerprint density at radius 3 is 2.74 bits per heavy atom. The molecular weight excluding hydrogens is 395 g/mol. The van der Waals surface area contributed by atoms with Gasteiger partial charge in [-0.05, 0) is 48.6 Å². The van der Waals surface area contributed by atoms with Crippen molar-refractivity contribution >= 4 is 22.5 Å². The first kappa shape index (κ1) is 19.2. The maximum absolute atomic E-state index is 13.2. The van der Waals surface area contributed by atoms with E-state index in [-0.39, 0.29) is 17.8 Å². The molecule has 5 rings (SSSR count). The van der Waals surface area contributed by atoms with Crippen LogP contribution in [0.25, 0.3) is 22.2 Å². The van der Waals surface area contributed by atoms with E-state index in [0.29, 0.717) is 30.4 Å². The predicted molar refractivity (Wildman–Crippen MR) is 116 cm³/mol. The summed E-state index contributed by atoms with van der Waals surface area (Å²) in [7, 11) is 0. The zero-order valence-corrected chi connectivity index (χ0v) is 16.8. The van der Waals surface area contributed by atoms with Gasteiger partial charge in [-0.2, -0.15) is 4.98 Å². The van der Waals surface area contributed by atoms with Crippen LogP contribution in [0.3, 0.4) is 0 Å². The molecule has 1 saturated heterocycles. The SMILES string of the molecule is O=C(Nc1cccc2ccccc12)N1CCC[C@@H](c2nc(-c3ccc(F)cc3)no2)C1. The fraction of sp³-hybridized carbons (Fsp3) is 0.208. The van der Waals surface area contributed by atoms with Gasteiger partial charge in [0.15, 0.2) is 0 Å². The van der Waals surface area contributed by atoms with Crippen LogP contribution in [-0.4, -0.2) is 34.2 Å². The molecule has 4 aromatic rings. The quantitative estimate of drug-likeness (QED) is 0.483. The predicted octanol–water partition coefficient (Wildman–Crippen LogP) is 5.44. The van der Waals surface area contributed by atoms with Crippen molar-refractivity contribution < 1.29 is 13.7 Å². The molecule has 1 aromatic heterocycles. The van der Waals surface area contributed by atoms with E-state index in [1.165, 1.54) is 12.1 Å². The molecule has 3 aromatic carbocycles. The summed E-state index contributed by atoms with van der Waals surface area (Å²) >= 11 is 0. The van der Waals surface area contributed by atoms with Crippen molar-refractivity contribution in [3.8, 4) is 11.4 Å². The standard InChI is InChI=1S/C24H21FN4O2/c25-19-12-10-17(11-13-19)22-27-23(31-28-22)18-7-4-14-29(15-18)24(30)26-21-9-3-6-16-5-1-2-8-20(16)21/h1-3,5-6,8-13,18H,4,7,14-15H2,(H,26,30)/t18-/m1/s1. The third-order valence-electron chi connectivity index (χ3n) is 5.63. The molecule has 0 aliphatic carbocycles. The molecule has 31 heavy (non-hydrogen) atoms. The van der Waals surface area contributed by atoms with Crippen molar-refractivity contribution in [2.24, 2.45) is 0 Å². The van der Waals surface area contributed by atoms with Gasteiger partial charge in [0.05, 0.1) is 11.6 Å². The number of carbonyl (C=O) groups excluding carboxylic acids is 1. The van der Waals surface area contributed by atoms with E-state index in [1.54, 1.807) is 17.0 Å². The van der Waals surface area contributed by atoms with Gasteiger partial charge in [-0.15, -0.1) is 0 Å². The number of rotatable bonds is 3. The molecule has 6 nitrogen and oxygen atoms in total. The van der Waals surface area contributed by atoms with Crippen LogP contribution in [0.15, 0.2) is 71.3 Å². The zero-order chi connectivity index (χ0) is 21.2. The molecule has 2 heterocycles. The summed E-state index contributed by atoms with van der Waals surface area (Å²) in [4.78, 5) is 19.2. The molecule has 0 saturated carbocycles. The minimum absolute atomic E-state index is 0.0336. The second kappa shape index (κ2) is 8.18. The van der Waals surface area contributed by atoms with Gasteiger partial charge >= 0.3 is 6.03 Å². The van der Waals surface area contributed by atoms with Crippen LogP contribution in [0.5, 0.6) is 0 Å². The Morgan fingerprint density at radius 2 is 1.87 bits per heavy atom. The molecule has 1 aliphatic heterocycles. The topological polar surface area (TPSA) is 71.3 Å². The molecule has 2 amide bonds. The normalized spacial score (nSPS) is 16.4. The number of nitrogens with one attached hydrogen (secondary N) is 1. The van der Waals surface area contributed by atoms with E-state index in [2.05, 4.69) is 15.5 Å². The Hall–Kier alpha value is -3.74. The van der Waals surface area contributed by atoms with Crippen molar-refractivity contribution in [2.75, 3.05) is 18.4 Å². The van der Waals surface area contributed by atoms with E-state index >= 15 is 0 Å². The number of piperidine rings is 1. The average Bonchev–Trinajstić information content (AvgIpc) is 3.30. The number of hydrogen-bond acceptors (Lipinski definition) is 4. The van der Waals surface area contributed by atoms with Crippen molar-refractivity contribution in [1.82, 2.24) is 15.0 Å². The van der Waals surface area contributed by atoms with Crippen LogP contribution in [0.2, 0.25) is 0 Å². The molecule has 1 fully saturated rings. The number of amides is 2. The lowest BCUT2D eigenvalue weighted by Gasteiger charge is -2.31. The lowest BCUT2D eigenvalue weighted by molar-refractivity contribution is 0.184. The first-order valence-electron chi connectivity index (χ1n) is 10.3.